The summed E-state index contributed by atoms with van der Waals surface area (Å²) < 4.78 is 23.6. The second-order valence-corrected chi connectivity index (χ2v) is 6.12. The van der Waals surface area contributed by atoms with Crippen LogP contribution in [0.3, 0.4) is 0 Å². The van der Waals surface area contributed by atoms with Gasteiger partial charge in [-0.2, -0.15) is 0 Å². The van der Waals surface area contributed by atoms with Crippen LogP contribution in [0.1, 0.15) is 5.56 Å². The van der Waals surface area contributed by atoms with Gasteiger partial charge in [0.1, 0.15) is 0 Å². The summed E-state index contributed by atoms with van der Waals surface area (Å²) in [6, 6.07) is 3.29. The zero-order chi connectivity index (χ0) is 10.2. The van der Waals surface area contributed by atoms with Crippen LogP contribution >= 0.6 is 38.5 Å². The zero-order valence-corrected chi connectivity index (χ0v) is 11.3. The maximum Gasteiger partial charge on any atom is 0.239 e. The molecule has 0 radical (unpaired) electrons. The highest BCUT2D eigenvalue weighted by molar-refractivity contribution is 14.1. The van der Waals surface area contributed by atoms with Gasteiger partial charge in [0.05, 0.1) is 4.90 Å². The minimum Gasteiger partial charge on any atom is -0.225 e. The fraction of sp³-hybridized carbons (Fsp3) is 0.143. The molecule has 0 bridgehead atoms. The van der Waals surface area contributed by atoms with Crippen LogP contribution in [-0.2, 0) is 10.0 Å². The monoisotopic (exact) mass is 375 g/mol. The van der Waals surface area contributed by atoms with E-state index in [1.54, 1.807) is 12.1 Å². The van der Waals surface area contributed by atoms with E-state index in [0.717, 1.165) is 9.13 Å². The van der Waals surface area contributed by atoms with E-state index in [1.165, 1.54) is 0 Å². The Bertz CT molecular complexity index is 444. The van der Waals surface area contributed by atoms with Crippen LogP contribution in [0.5, 0.6) is 0 Å². The summed E-state index contributed by atoms with van der Waals surface area (Å²) in [6.45, 7) is 1.84. The molecule has 6 heteroatoms. The van der Waals surface area contributed by atoms with Gasteiger partial charge in [-0.1, -0.05) is 0 Å². The van der Waals surface area contributed by atoms with Crippen LogP contribution in [-0.4, -0.2) is 8.42 Å². The number of hydrogen-bond acceptors (Lipinski definition) is 2. The van der Waals surface area contributed by atoms with E-state index in [-0.39, 0.29) is 4.90 Å². The first-order valence-corrected chi connectivity index (χ1v) is 6.72. The van der Waals surface area contributed by atoms with Crippen molar-refractivity contribution in [2.45, 2.75) is 11.8 Å². The van der Waals surface area contributed by atoms with Crippen LogP contribution in [0.25, 0.3) is 0 Å². The Hall–Kier alpha value is 0.340. The summed E-state index contributed by atoms with van der Waals surface area (Å²) >= 11 is 5.28. The molecule has 0 unspecified atom stereocenters. The maximum atomic E-state index is 11.1. The SMILES string of the molecule is Cc1cc(S(N)(=O)=O)c(Br)cc1I. The van der Waals surface area contributed by atoms with E-state index in [2.05, 4.69) is 38.5 Å². The summed E-state index contributed by atoms with van der Waals surface area (Å²) in [5.41, 5.74) is 0.896. The number of primary sulfonamides is 1. The van der Waals surface area contributed by atoms with Gasteiger partial charge in [0.15, 0.2) is 0 Å². The molecule has 2 N–H and O–H groups in total. The van der Waals surface area contributed by atoms with Crippen LogP contribution in [0, 0.1) is 10.5 Å². The number of benzene rings is 1. The molecule has 1 aromatic rings. The summed E-state index contributed by atoms with van der Waals surface area (Å²) in [5, 5.41) is 5.02. The highest BCUT2D eigenvalue weighted by atomic mass is 127. The molecule has 72 valence electrons. The normalized spacial score (nSPS) is 11.7. The molecule has 0 aliphatic carbocycles. The van der Waals surface area contributed by atoms with Gasteiger partial charge in [0, 0.05) is 8.04 Å². The van der Waals surface area contributed by atoms with Gasteiger partial charge in [-0.25, -0.2) is 13.6 Å². The summed E-state index contributed by atoms with van der Waals surface area (Å²) in [6.07, 6.45) is 0. The lowest BCUT2D eigenvalue weighted by Crippen LogP contribution is -2.13. The molecule has 0 aliphatic rings. The first kappa shape index (κ1) is 11.4. The molecule has 1 rings (SSSR count). The molecular formula is C7H7BrINO2S. The minimum atomic E-state index is -3.62. The quantitative estimate of drug-likeness (QED) is 0.763. The number of aryl methyl sites for hydroxylation is 1. The van der Waals surface area contributed by atoms with E-state index in [1.807, 2.05) is 6.92 Å². The third-order valence-electron chi connectivity index (χ3n) is 1.52. The van der Waals surface area contributed by atoms with E-state index in [9.17, 15) is 8.42 Å². The molecule has 0 amide bonds. The van der Waals surface area contributed by atoms with Gasteiger partial charge in [0.2, 0.25) is 10.0 Å². The maximum absolute atomic E-state index is 11.1. The number of sulfonamides is 1. The van der Waals surface area contributed by atoms with Gasteiger partial charge in [-0.05, 0) is 63.1 Å². The largest absolute Gasteiger partial charge is 0.239 e. The van der Waals surface area contributed by atoms with Crippen LogP contribution in [0.15, 0.2) is 21.5 Å². The van der Waals surface area contributed by atoms with Crippen molar-refractivity contribution in [2.75, 3.05) is 0 Å². The third kappa shape index (κ3) is 2.64. The molecule has 0 spiro atoms. The highest BCUT2D eigenvalue weighted by Crippen LogP contribution is 2.25. The Balaban J connectivity index is 3.50. The first-order chi connectivity index (χ1) is 5.82. The first-order valence-electron chi connectivity index (χ1n) is 3.31. The molecule has 0 saturated heterocycles. The van der Waals surface area contributed by atoms with Gasteiger partial charge >= 0.3 is 0 Å². The summed E-state index contributed by atoms with van der Waals surface area (Å²) in [7, 11) is -3.62. The lowest BCUT2D eigenvalue weighted by atomic mass is 10.2. The molecule has 0 aliphatic heterocycles. The highest BCUT2D eigenvalue weighted by Gasteiger charge is 2.13. The minimum absolute atomic E-state index is 0.130. The van der Waals surface area contributed by atoms with Crippen molar-refractivity contribution < 1.29 is 8.42 Å². The lowest BCUT2D eigenvalue weighted by molar-refractivity contribution is 0.597. The Morgan fingerprint density at radius 3 is 2.46 bits per heavy atom. The van der Waals surface area contributed by atoms with Crippen molar-refractivity contribution in [2.24, 2.45) is 5.14 Å². The molecule has 13 heavy (non-hydrogen) atoms. The van der Waals surface area contributed by atoms with Gasteiger partial charge < -0.3 is 0 Å². The number of rotatable bonds is 1. The molecule has 0 atom stereocenters. The second kappa shape index (κ2) is 3.84. The van der Waals surface area contributed by atoms with E-state index in [4.69, 9.17) is 5.14 Å². The predicted octanol–water partition coefficient (Wildman–Crippen LogP) is 2.01. The Kier molecular flexibility index (Phi) is 3.37. The van der Waals surface area contributed by atoms with Crippen LogP contribution in [0.2, 0.25) is 0 Å². The molecule has 0 aromatic heterocycles. The summed E-state index contributed by atoms with van der Waals surface area (Å²) in [4.78, 5) is 0.130. The zero-order valence-electron chi connectivity index (χ0n) is 6.71. The molecule has 0 saturated carbocycles. The van der Waals surface area contributed by atoms with E-state index >= 15 is 0 Å². The van der Waals surface area contributed by atoms with Crippen molar-refractivity contribution in [1.29, 1.82) is 0 Å². The average Bonchev–Trinajstić information content (AvgIpc) is 1.94. The van der Waals surface area contributed by atoms with Crippen LogP contribution in [0.4, 0.5) is 0 Å². The average molecular weight is 376 g/mol. The topological polar surface area (TPSA) is 60.2 Å². The standard InChI is InChI=1S/C7H7BrINO2S/c1-4-2-7(13(10,11)12)5(8)3-6(4)9/h2-3H,1H3,(H2,10,11,12). The number of hydrogen-bond donors (Lipinski definition) is 1. The predicted molar refractivity (Wildman–Crippen MR) is 63.0 cm³/mol. The number of nitrogens with two attached hydrogens (primary N) is 1. The molecule has 0 heterocycles. The number of halogens is 2. The van der Waals surface area contributed by atoms with E-state index < -0.39 is 10.0 Å². The van der Waals surface area contributed by atoms with Gasteiger partial charge in [0.25, 0.3) is 0 Å². The van der Waals surface area contributed by atoms with Crippen molar-refractivity contribution in [3.63, 3.8) is 0 Å². The van der Waals surface area contributed by atoms with Crippen LogP contribution < -0.4 is 5.14 Å². The molecule has 1 aromatic carbocycles. The smallest absolute Gasteiger partial charge is 0.225 e. The fourth-order valence-corrected chi connectivity index (χ4v) is 3.44. The van der Waals surface area contributed by atoms with Crippen molar-refractivity contribution >= 4 is 48.5 Å². The second-order valence-electron chi connectivity index (χ2n) is 2.58. The van der Waals surface area contributed by atoms with E-state index in [0.29, 0.717) is 4.47 Å². The Labute approximate surface area is 99.0 Å². The lowest BCUT2D eigenvalue weighted by Gasteiger charge is -2.04. The Morgan fingerprint density at radius 1 is 1.46 bits per heavy atom. The Morgan fingerprint density at radius 2 is 2.00 bits per heavy atom. The fourth-order valence-electron chi connectivity index (χ4n) is 0.849. The van der Waals surface area contributed by atoms with Gasteiger partial charge in [-0.15, -0.1) is 0 Å². The molecule has 3 nitrogen and oxygen atoms in total. The van der Waals surface area contributed by atoms with Gasteiger partial charge in [-0.3, -0.25) is 0 Å². The summed E-state index contributed by atoms with van der Waals surface area (Å²) in [5.74, 6) is 0. The van der Waals surface area contributed by atoms with Crippen molar-refractivity contribution in [3.8, 4) is 0 Å². The molecular weight excluding hydrogens is 369 g/mol. The van der Waals surface area contributed by atoms with Crippen molar-refractivity contribution in [1.82, 2.24) is 0 Å². The third-order valence-corrected chi connectivity index (χ3v) is 4.55. The van der Waals surface area contributed by atoms with Crippen molar-refractivity contribution in [3.05, 3.63) is 25.7 Å². The molecule has 0 fully saturated rings.